The van der Waals surface area contributed by atoms with Crippen LogP contribution in [0.4, 0.5) is 0 Å². The lowest BCUT2D eigenvalue weighted by molar-refractivity contribution is 0.0677. The number of thiophene rings is 1. The van der Waals surface area contributed by atoms with Crippen molar-refractivity contribution in [2.75, 3.05) is 6.54 Å². The largest absolute Gasteiger partial charge is 0.393 e. The van der Waals surface area contributed by atoms with Gasteiger partial charge in [0.25, 0.3) is 0 Å². The molecule has 2 N–H and O–H groups in total. The van der Waals surface area contributed by atoms with Crippen LogP contribution in [0.2, 0.25) is 4.34 Å². The van der Waals surface area contributed by atoms with Gasteiger partial charge in [-0.25, -0.2) is 0 Å². The molecule has 19 heavy (non-hydrogen) atoms. The van der Waals surface area contributed by atoms with Gasteiger partial charge < -0.3 is 10.4 Å². The summed E-state index contributed by atoms with van der Waals surface area (Å²) < 4.78 is 0.913. The van der Waals surface area contributed by atoms with E-state index in [1.807, 2.05) is 0 Å². The summed E-state index contributed by atoms with van der Waals surface area (Å²) in [4.78, 5) is 1.46. The Labute approximate surface area is 124 Å². The number of halogens is 1. The summed E-state index contributed by atoms with van der Waals surface area (Å²) in [6.45, 7) is 0.943. The predicted octanol–water partition coefficient (Wildman–Crippen LogP) is 3.92. The summed E-state index contributed by atoms with van der Waals surface area (Å²) >= 11 is 7.87. The zero-order chi connectivity index (χ0) is 13.2. The van der Waals surface area contributed by atoms with E-state index in [0.29, 0.717) is 12.0 Å². The fourth-order valence-corrected chi connectivity index (χ4v) is 4.84. The summed E-state index contributed by atoms with van der Waals surface area (Å²) in [6, 6.07) is 2.58. The third kappa shape index (κ3) is 3.15. The van der Waals surface area contributed by atoms with Crippen molar-refractivity contribution in [1.29, 1.82) is 0 Å². The van der Waals surface area contributed by atoms with Gasteiger partial charge in [0.15, 0.2) is 0 Å². The minimum absolute atomic E-state index is 0.102. The van der Waals surface area contributed by atoms with E-state index in [4.69, 9.17) is 11.6 Å². The number of aliphatic hydroxyl groups excluding tert-OH is 1. The molecule has 1 aromatic heterocycles. The number of aliphatic hydroxyl groups is 1. The van der Waals surface area contributed by atoms with Crippen LogP contribution in [0.25, 0.3) is 0 Å². The molecule has 1 heterocycles. The lowest BCUT2D eigenvalue weighted by atomic mass is 9.86. The summed E-state index contributed by atoms with van der Waals surface area (Å²) in [5, 5.41) is 13.7. The quantitative estimate of drug-likeness (QED) is 0.886. The van der Waals surface area contributed by atoms with Gasteiger partial charge in [0.2, 0.25) is 0 Å². The molecular weight excluding hydrogens is 278 g/mol. The van der Waals surface area contributed by atoms with Crippen molar-refractivity contribution in [3.05, 3.63) is 20.8 Å². The van der Waals surface area contributed by atoms with Crippen LogP contribution in [-0.4, -0.2) is 17.8 Å². The second-order valence-electron chi connectivity index (χ2n) is 5.89. The summed E-state index contributed by atoms with van der Waals surface area (Å²) in [6.07, 6.45) is 8.11. The molecule has 0 aliphatic heterocycles. The maximum absolute atomic E-state index is 10.0. The number of aryl methyl sites for hydroxylation is 1. The minimum Gasteiger partial charge on any atom is -0.393 e. The van der Waals surface area contributed by atoms with Gasteiger partial charge in [-0.05, 0) is 49.7 Å². The Balaban J connectivity index is 1.61. The molecule has 3 atom stereocenters. The zero-order valence-electron chi connectivity index (χ0n) is 11.2. The fraction of sp³-hybridized carbons (Fsp3) is 0.733. The van der Waals surface area contributed by atoms with Crippen LogP contribution < -0.4 is 5.32 Å². The summed E-state index contributed by atoms with van der Waals surface area (Å²) in [5.74, 6) is 0.438. The Bertz CT molecular complexity index is 434. The SMILES string of the molecule is OC1CCCCC1CNC1CCCc2sc(Cl)cc21. The first-order chi connectivity index (χ1) is 9.24. The first-order valence-corrected chi connectivity index (χ1v) is 8.63. The second-order valence-corrected chi connectivity index (χ2v) is 7.66. The first-order valence-electron chi connectivity index (χ1n) is 7.43. The van der Waals surface area contributed by atoms with Crippen LogP contribution in [0.5, 0.6) is 0 Å². The standard InChI is InChI=1S/C15H22ClNOS/c16-15-8-11-12(5-3-7-14(11)19-15)17-9-10-4-1-2-6-13(10)18/h8,10,12-13,17-18H,1-7,9H2. The maximum Gasteiger partial charge on any atom is 0.0934 e. The summed E-state index contributed by atoms with van der Waals surface area (Å²) in [7, 11) is 0. The molecule has 4 heteroatoms. The van der Waals surface area contributed by atoms with Crippen LogP contribution in [-0.2, 0) is 6.42 Å². The van der Waals surface area contributed by atoms with Gasteiger partial charge in [0.05, 0.1) is 10.4 Å². The number of hydrogen-bond donors (Lipinski definition) is 2. The van der Waals surface area contributed by atoms with E-state index in [9.17, 15) is 5.11 Å². The molecule has 2 aliphatic rings. The molecule has 1 fully saturated rings. The number of fused-ring (bicyclic) bond motifs is 1. The number of nitrogens with one attached hydrogen (secondary N) is 1. The van der Waals surface area contributed by atoms with Gasteiger partial charge in [-0.3, -0.25) is 0 Å². The molecular formula is C15H22ClNOS. The zero-order valence-corrected chi connectivity index (χ0v) is 12.8. The summed E-state index contributed by atoms with van der Waals surface area (Å²) in [5.41, 5.74) is 1.41. The number of rotatable bonds is 3. The van der Waals surface area contributed by atoms with Crippen molar-refractivity contribution in [3.8, 4) is 0 Å². The average molecular weight is 300 g/mol. The van der Waals surface area contributed by atoms with Crippen LogP contribution in [0.15, 0.2) is 6.07 Å². The molecule has 0 saturated heterocycles. The Morgan fingerprint density at radius 2 is 2.11 bits per heavy atom. The number of hydrogen-bond acceptors (Lipinski definition) is 3. The molecule has 0 bridgehead atoms. The molecule has 3 rings (SSSR count). The van der Waals surface area contributed by atoms with Gasteiger partial charge >= 0.3 is 0 Å². The van der Waals surface area contributed by atoms with Crippen LogP contribution in [0.3, 0.4) is 0 Å². The van der Waals surface area contributed by atoms with E-state index in [0.717, 1.165) is 23.7 Å². The van der Waals surface area contributed by atoms with Crippen molar-refractivity contribution in [2.45, 2.75) is 57.1 Å². The van der Waals surface area contributed by atoms with Gasteiger partial charge in [-0.15, -0.1) is 11.3 Å². The normalized spacial score (nSPS) is 31.2. The third-order valence-electron chi connectivity index (χ3n) is 4.58. The first kappa shape index (κ1) is 13.9. The second kappa shape index (κ2) is 6.13. The van der Waals surface area contributed by atoms with E-state index in [1.54, 1.807) is 11.3 Å². The van der Waals surface area contributed by atoms with Crippen molar-refractivity contribution in [3.63, 3.8) is 0 Å². The minimum atomic E-state index is -0.102. The van der Waals surface area contributed by atoms with Gasteiger partial charge in [0, 0.05) is 17.5 Å². The smallest absolute Gasteiger partial charge is 0.0934 e. The van der Waals surface area contributed by atoms with Crippen LogP contribution >= 0.6 is 22.9 Å². The molecule has 106 valence electrons. The highest BCUT2D eigenvalue weighted by molar-refractivity contribution is 7.16. The molecule has 0 radical (unpaired) electrons. The molecule has 2 nitrogen and oxygen atoms in total. The van der Waals surface area contributed by atoms with Gasteiger partial charge in [0.1, 0.15) is 0 Å². The van der Waals surface area contributed by atoms with Crippen LogP contribution in [0, 0.1) is 5.92 Å². The lowest BCUT2D eigenvalue weighted by Gasteiger charge is -2.31. The highest BCUT2D eigenvalue weighted by Gasteiger charge is 2.26. The van der Waals surface area contributed by atoms with E-state index < -0.39 is 0 Å². The highest BCUT2D eigenvalue weighted by Crippen LogP contribution is 2.38. The molecule has 0 aromatic carbocycles. The van der Waals surface area contributed by atoms with Crippen molar-refractivity contribution < 1.29 is 5.11 Å². The van der Waals surface area contributed by atoms with Crippen molar-refractivity contribution >= 4 is 22.9 Å². The molecule has 0 spiro atoms. The van der Waals surface area contributed by atoms with Gasteiger partial charge in [-0.2, -0.15) is 0 Å². The Morgan fingerprint density at radius 3 is 2.95 bits per heavy atom. The fourth-order valence-electron chi connectivity index (χ4n) is 3.45. The van der Waals surface area contributed by atoms with Crippen molar-refractivity contribution in [2.24, 2.45) is 5.92 Å². The third-order valence-corrected chi connectivity index (χ3v) is 5.92. The highest BCUT2D eigenvalue weighted by atomic mass is 35.5. The van der Waals surface area contributed by atoms with E-state index >= 15 is 0 Å². The molecule has 0 amide bonds. The predicted molar refractivity (Wildman–Crippen MR) is 81.0 cm³/mol. The Hall–Kier alpha value is -0.0900. The van der Waals surface area contributed by atoms with Crippen molar-refractivity contribution in [1.82, 2.24) is 5.32 Å². The topological polar surface area (TPSA) is 32.3 Å². The van der Waals surface area contributed by atoms with E-state index in [1.165, 1.54) is 42.5 Å². The monoisotopic (exact) mass is 299 g/mol. The molecule has 2 aliphatic carbocycles. The Morgan fingerprint density at radius 1 is 1.26 bits per heavy atom. The van der Waals surface area contributed by atoms with Crippen LogP contribution in [0.1, 0.15) is 55.0 Å². The van der Waals surface area contributed by atoms with E-state index in [-0.39, 0.29) is 6.10 Å². The lowest BCUT2D eigenvalue weighted by Crippen LogP contribution is -2.36. The average Bonchev–Trinajstić information content (AvgIpc) is 2.78. The van der Waals surface area contributed by atoms with Gasteiger partial charge in [-0.1, -0.05) is 24.4 Å². The van der Waals surface area contributed by atoms with E-state index in [2.05, 4.69) is 11.4 Å². The Kier molecular flexibility index (Phi) is 4.47. The molecule has 3 unspecified atom stereocenters. The maximum atomic E-state index is 10.0. The molecule has 1 aromatic rings. The molecule has 1 saturated carbocycles.